The molecular weight excluding hydrogens is 523 g/mol. The molecule has 1 N–H and O–H groups in total. The van der Waals surface area contributed by atoms with Gasteiger partial charge in [-0.3, -0.25) is 19.2 Å². The minimum atomic E-state index is -5.09. The van der Waals surface area contributed by atoms with Gasteiger partial charge in [0.2, 0.25) is 11.7 Å². The first-order chi connectivity index (χ1) is 17.7. The highest BCUT2D eigenvalue weighted by atomic mass is 35.5. The van der Waals surface area contributed by atoms with Gasteiger partial charge in [-0.2, -0.15) is 13.2 Å². The zero-order valence-corrected chi connectivity index (χ0v) is 22.4. The summed E-state index contributed by atoms with van der Waals surface area (Å²) < 4.78 is 44.6. The molecule has 0 heterocycles. The summed E-state index contributed by atoms with van der Waals surface area (Å²) in [5.41, 5.74) is 0.924. The van der Waals surface area contributed by atoms with Crippen LogP contribution in [-0.4, -0.2) is 36.5 Å². The number of rotatable bonds is 13. The molecule has 0 radical (unpaired) electrons. The minimum absolute atomic E-state index is 0.0216. The van der Waals surface area contributed by atoms with Crippen LogP contribution in [0.2, 0.25) is 5.02 Å². The second-order valence-corrected chi connectivity index (χ2v) is 9.92. The number of nitrogens with one attached hydrogen (secondary N) is 1. The first-order valence-corrected chi connectivity index (χ1v) is 12.5. The maximum Gasteiger partial charge on any atom is 0.450 e. The number of Topliss-reactive ketones (excluding diaryl/α,β-unsaturated/α-hetero) is 3. The van der Waals surface area contributed by atoms with Crippen LogP contribution < -0.4 is 10.1 Å². The fourth-order valence-corrected chi connectivity index (χ4v) is 4.17. The number of methoxy groups -OCH3 is 1. The fraction of sp³-hybridized carbons (Fsp3) is 0.429. The zero-order valence-electron chi connectivity index (χ0n) is 21.6. The van der Waals surface area contributed by atoms with Gasteiger partial charge in [0.05, 0.1) is 7.11 Å². The second kappa shape index (κ2) is 13.6. The van der Waals surface area contributed by atoms with Crippen LogP contribution in [0.3, 0.4) is 0 Å². The quantitative estimate of drug-likeness (QED) is 0.343. The van der Waals surface area contributed by atoms with E-state index in [2.05, 4.69) is 5.32 Å². The lowest BCUT2D eigenvalue weighted by Gasteiger charge is -2.25. The number of carbonyl (C=O) groups is 4. The van der Waals surface area contributed by atoms with Crippen LogP contribution in [0.25, 0.3) is 0 Å². The van der Waals surface area contributed by atoms with Gasteiger partial charge in [-0.05, 0) is 35.2 Å². The van der Waals surface area contributed by atoms with Crippen LogP contribution in [0.5, 0.6) is 5.75 Å². The number of benzene rings is 2. The molecule has 10 heteroatoms. The molecule has 6 nitrogen and oxygen atoms in total. The fourth-order valence-electron chi connectivity index (χ4n) is 3.97. The van der Waals surface area contributed by atoms with Gasteiger partial charge in [0.15, 0.2) is 5.78 Å². The van der Waals surface area contributed by atoms with Crippen molar-refractivity contribution in [1.82, 2.24) is 5.32 Å². The van der Waals surface area contributed by atoms with Crippen molar-refractivity contribution in [3.63, 3.8) is 0 Å². The molecule has 0 aliphatic carbocycles. The van der Waals surface area contributed by atoms with E-state index in [4.69, 9.17) is 16.3 Å². The molecule has 0 fully saturated rings. The van der Waals surface area contributed by atoms with Crippen molar-refractivity contribution < 1.29 is 37.1 Å². The third-order valence-corrected chi connectivity index (χ3v) is 6.60. The maximum absolute atomic E-state index is 13.3. The topological polar surface area (TPSA) is 89.5 Å². The van der Waals surface area contributed by atoms with E-state index in [0.717, 1.165) is 0 Å². The molecule has 0 spiro atoms. The number of alkyl halides is 3. The highest BCUT2D eigenvalue weighted by molar-refractivity contribution is 6.31. The van der Waals surface area contributed by atoms with E-state index >= 15 is 0 Å². The Balaban J connectivity index is 2.23. The largest absolute Gasteiger partial charge is 0.497 e. The van der Waals surface area contributed by atoms with E-state index < -0.39 is 53.9 Å². The summed E-state index contributed by atoms with van der Waals surface area (Å²) in [5.74, 6) is -6.35. The summed E-state index contributed by atoms with van der Waals surface area (Å²) in [6, 6.07) is 11.6. The van der Waals surface area contributed by atoms with Crippen LogP contribution in [0.1, 0.15) is 50.8 Å². The highest BCUT2D eigenvalue weighted by Gasteiger charge is 2.45. The van der Waals surface area contributed by atoms with Crippen LogP contribution in [0.4, 0.5) is 13.2 Å². The summed E-state index contributed by atoms with van der Waals surface area (Å²) in [6.07, 6.45) is -5.92. The average Bonchev–Trinajstić information content (AvgIpc) is 2.85. The molecule has 0 aliphatic heterocycles. The molecule has 2 aromatic rings. The van der Waals surface area contributed by atoms with Crippen molar-refractivity contribution in [2.75, 3.05) is 7.11 Å². The van der Waals surface area contributed by atoms with Gasteiger partial charge in [0.25, 0.3) is 0 Å². The van der Waals surface area contributed by atoms with Crippen LogP contribution in [-0.2, 0) is 25.6 Å². The summed E-state index contributed by atoms with van der Waals surface area (Å²) in [4.78, 5) is 50.8. The van der Waals surface area contributed by atoms with Gasteiger partial charge in [-0.1, -0.05) is 62.7 Å². The van der Waals surface area contributed by atoms with E-state index in [1.54, 1.807) is 36.4 Å². The lowest BCUT2D eigenvalue weighted by Crippen LogP contribution is -2.40. The molecule has 0 saturated carbocycles. The summed E-state index contributed by atoms with van der Waals surface area (Å²) in [6.45, 7) is 4.37. The van der Waals surface area contributed by atoms with Crippen LogP contribution in [0.15, 0.2) is 48.5 Å². The molecule has 0 aromatic heterocycles. The van der Waals surface area contributed by atoms with Crippen LogP contribution >= 0.6 is 11.6 Å². The molecule has 1 amide bonds. The van der Waals surface area contributed by atoms with Gasteiger partial charge in [0.1, 0.15) is 17.6 Å². The third kappa shape index (κ3) is 8.68. The highest BCUT2D eigenvalue weighted by Crippen LogP contribution is 2.30. The maximum atomic E-state index is 13.3. The van der Waals surface area contributed by atoms with E-state index in [1.165, 1.54) is 40.0 Å². The van der Waals surface area contributed by atoms with E-state index in [1.807, 2.05) is 0 Å². The van der Waals surface area contributed by atoms with Crippen molar-refractivity contribution in [3.05, 3.63) is 64.7 Å². The van der Waals surface area contributed by atoms with Gasteiger partial charge < -0.3 is 10.1 Å². The Hall–Kier alpha value is -3.20. The summed E-state index contributed by atoms with van der Waals surface area (Å²) >= 11 is 6.10. The van der Waals surface area contributed by atoms with Gasteiger partial charge in [0, 0.05) is 36.1 Å². The second-order valence-electron chi connectivity index (χ2n) is 9.51. The molecule has 0 saturated heterocycles. The Morgan fingerprint density at radius 2 is 1.55 bits per heavy atom. The average molecular weight is 554 g/mol. The number of hydrogen-bond donors (Lipinski definition) is 1. The van der Waals surface area contributed by atoms with Crippen molar-refractivity contribution in [2.24, 2.45) is 17.8 Å². The molecule has 2 aromatic carbocycles. The minimum Gasteiger partial charge on any atom is -0.497 e. The molecule has 0 unspecified atom stereocenters. The number of carbonyl (C=O) groups excluding carboxylic acids is 4. The predicted octanol–water partition coefficient (Wildman–Crippen LogP) is 5.71. The monoisotopic (exact) mass is 553 g/mol. The number of amides is 1. The molecule has 2 rings (SSSR count). The van der Waals surface area contributed by atoms with Crippen molar-refractivity contribution in [1.29, 1.82) is 0 Å². The van der Waals surface area contributed by atoms with Gasteiger partial charge in [-0.25, -0.2) is 0 Å². The number of ketones is 3. The molecule has 206 valence electrons. The zero-order chi connectivity index (χ0) is 28.6. The van der Waals surface area contributed by atoms with E-state index in [-0.39, 0.29) is 18.6 Å². The third-order valence-electron chi connectivity index (χ3n) is 6.23. The van der Waals surface area contributed by atoms with E-state index in [9.17, 15) is 32.3 Å². The number of halogens is 4. The van der Waals surface area contributed by atoms with Gasteiger partial charge >= 0.3 is 6.18 Å². The standard InChI is InChI=1S/C28H31ClF3NO5/c1-16(2)22(26(36)28(30,31)32)15-24(35)25(18-9-11-21(38-4)12-10-18)33-27(37)17(3)13-20(34)14-19-7-5-6-8-23(19)29/h5-12,16-17,22,25H,13-15H2,1-4H3,(H,33,37)/t17-,22+,25+/m1/s1. The Bertz CT molecular complexity index is 1150. The van der Waals surface area contributed by atoms with Gasteiger partial charge in [-0.15, -0.1) is 0 Å². The first-order valence-electron chi connectivity index (χ1n) is 12.1. The molecule has 3 atom stereocenters. The Morgan fingerprint density at radius 1 is 0.947 bits per heavy atom. The normalized spacial score (nSPS) is 13.9. The predicted molar refractivity (Wildman–Crippen MR) is 137 cm³/mol. The molecule has 0 aliphatic rings. The number of ether oxygens (including phenoxy) is 1. The van der Waals surface area contributed by atoms with Crippen molar-refractivity contribution >= 4 is 34.9 Å². The van der Waals surface area contributed by atoms with Crippen molar-refractivity contribution in [3.8, 4) is 5.75 Å². The van der Waals surface area contributed by atoms with Crippen LogP contribution in [0, 0.1) is 17.8 Å². The Labute approximate surface area is 224 Å². The smallest absolute Gasteiger partial charge is 0.450 e. The SMILES string of the molecule is COc1ccc([C@H](NC(=O)[C@H](C)CC(=O)Cc2ccccc2Cl)C(=O)C[C@H](C(=O)C(F)(F)F)C(C)C)cc1. The van der Waals surface area contributed by atoms with Crippen molar-refractivity contribution in [2.45, 2.75) is 52.3 Å². The number of hydrogen-bond acceptors (Lipinski definition) is 5. The molecule has 38 heavy (non-hydrogen) atoms. The Morgan fingerprint density at radius 3 is 2.08 bits per heavy atom. The van der Waals surface area contributed by atoms with E-state index in [0.29, 0.717) is 21.9 Å². The summed E-state index contributed by atoms with van der Waals surface area (Å²) in [7, 11) is 1.44. The lowest BCUT2D eigenvalue weighted by atomic mass is 9.84. The summed E-state index contributed by atoms with van der Waals surface area (Å²) in [5, 5.41) is 3.00. The lowest BCUT2D eigenvalue weighted by molar-refractivity contribution is -0.177. The molecular formula is C28H31ClF3NO5. The Kier molecular flexibility index (Phi) is 11.1. The molecule has 0 bridgehead atoms. The first kappa shape index (κ1) is 31.0.